The zero-order valence-electron chi connectivity index (χ0n) is 12.6. The molecule has 0 amide bonds. The first-order valence-corrected chi connectivity index (χ1v) is 8.73. The standard InChI is InChI=1S/C16H22N4OS/c17-15-16(19-14(9-18-15)13-5-8-22-11-13)20-6-1-3-12(10-20)4-2-7-21/h5,8-9,11-12,21H,1-4,6-7,10H2,(H2,17,18). The molecule has 5 nitrogen and oxygen atoms in total. The molecule has 2 aromatic heterocycles. The molecule has 3 rings (SSSR count). The molecule has 118 valence electrons. The number of aromatic nitrogens is 2. The highest BCUT2D eigenvalue weighted by molar-refractivity contribution is 7.08. The molecular formula is C16H22N4OS. The van der Waals surface area contributed by atoms with E-state index in [1.807, 2.05) is 5.38 Å². The summed E-state index contributed by atoms with van der Waals surface area (Å²) in [6.07, 6.45) is 6.03. The summed E-state index contributed by atoms with van der Waals surface area (Å²) in [4.78, 5) is 11.3. The van der Waals surface area contributed by atoms with Crippen molar-refractivity contribution in [3.63, 3.8) is 0 Å². The van der Waals surface area contributed by atoms with Crippen LogP contribution in [-0.2, 0) is 0 Å². The highest BCUT2D eigenvalue weighted by Gasteiger charge is 2.23. The van der Waals surface area contributed by atoms with E-state index in [1.165, 1.54) is 6.42 Å². The molecule has 0 bridgehead atoms. The van der Waals surface area contributed by atoms with Crippen LogP contribution in [0.5, 0.6) is 0 Å². The third kappa shape index (κ3) is 3.39. The minimum atomic E-state index is 0.270. The van der Waals surface area contributed by atoms with E-state index in [9.17, 15) is 0 Å². The predicted octanol–water partition coefficient (Wildman–Crippen LogP) is 2.78. The smallest absolute Gasteiger partial charge is 0.172 e. The molecule has 3 heterocycles. The van der Waals surface area contributed by atoms with E-state index in [0.29, 0.717) is 11.7 Å². The van der Waals surface area contributed by atoms with Crippen molar-refractivity contribution in [3.05, 3.63) is 23.0 Å². The normalized spacial score (nSPS) is 18.6. The van der Waals surface area contributed by atoms with Crippen LogP contribution in [0.1, 0.15) is 25.7 Å². The van der Waals surface area contributed by atoms with Crippen LogP contribution in [0.15, 0.2) is 23.0 Å². The van der Waals surface area contributed by atoms with Crippen molar-refractivity contribution >= 4 is 23.0 Å². The first-order chi connectivity index (χ1) is 10.8. The van der Waals surface area contributed by atoms with Crippen LogP contribution < -0.4 is 10.6 Å². The molecule has 0 saturated carbocycles. The third-order valence-electron chi connectivity index (χ3n) is 4.19. The fourth-order valence-corrected chi connectivity index (χ4v) is 3.69. The van der Waals surface area contributed by atoms with Gasteiger partial charge in [-0.15, -0.1) is 0 Å². The zero-order chi connectivity index (χ0) is 15.4. The maximum absolute atomic E-state index is 9.01. The lowest BCUT2D eigenvalue weighted by atomic mass is 9.93. The molecule has 1 aliphatic heterocycles. The number of aliphatic hydroxyl groups is 1. The van der Waals surface area contributed by atoms with E-state index in [2.05, 4.69) is 21.3 Å². The molecular weight excluding hydrogens is 296 g/mol. The van der Waals surface area contributed by atoms with Gasteiger partial charge in [0.25, 0.3) is 0 Å². The second-order valence-corrected chi connectivity index (χ2v) is 6.58. The minimum Gasteiger partial charge on any atom is -0.396 e. The molecule has 1 atom stereocenters. The summed E-state index contributed by atoms with van der Waals surface area (Å²) in [6, 6.07) is 2.05. The lowest BCUT2D eigenvalue weighted by molar-refractivity contribution is 0.263. The monoisotopic (exact) mass is 318 g/mol. The van der Waals surface area contributed by atoms with E-state index in [1.54, 1.807) is 17.5 Å². The van der Waals surface area contributed by atoms with Crippen molar-refractivity contribution < 1.29 is 5.11 Å². The molecule has 1 fully saturated rings. The maximum atomic E-state index is 9.01. The molecule has 6 heteroatoms. The molecule has 3 N–H and O–H groups in total. The maximum Gasteiger partial charge on any atom is 0.172 e. The van der Waals surface area contributed by atoms with Crippen LogP contribution in [0.4, 0.5) is 11.6 Å². The van der Waals surface area contributed by atoms with Gasteiger partial charge in [-0.3, -0.25) is 0 Å². The van der Waals surface area contributed by atoms with Gasteiger partial charge in [0.2, 0.25) is 0 Å². The van der Waals surface area contributed by atoms with Crippen molar-refractivity contribution in [3.8, 4) is 11.3 Å². The average molecular weight is 318 g/mol. The van der Waals surface area contributed by atoms with Crippen molar-refractivity contribution in [1.29, 1.82) is 0 Å². The van der Waals surface area contributed by atoms with Crippen LogP contribution in [-0.4, -0.2) is 34.8 Å². The lowest BCUT2D eigenvalue weighted by Crippen LogP contribution is -2.36. The fraction of sp³-hybridized carbons (Fsp3) is 0.500. The molecule has 2 aromatic rings. The number of thiophene rings is 1. The fourth-order valence-electron chi connectivity index (χ4n) is 3.04. The Kier molecular flexibility index (Phi) is 4.90. The predicted molar refractivity (Wildman–Crippen MR) is 91.0 cm³/mol. The molecule has 1 saturated heterocycles. The zero-order valence-corrected chi connectivity index (χ0v) is 13.4. The van der Waals surface area contributed by atoms with Crippen LogP contribution in [0.2, 0.25) is 0 Å². The van der Waals surface area contributed by atoms with Crippen molar-refractivity contribution in [2.75, 3.05) is 30.3 Å². The van der Waals surface area contributed by atoms with Gasteiger partial charge in [-0.1, -0.05) is 0 Å². The first-order valence-electron chi connectivity index (χ1n) is 7.79. The van der Waals surface area contributed by atoms with Gasteiger partial charge >= 0.3 is 0 Å². The van der Waals surface area contributed by atoms with Crippen LogP contribution in [0.3, 0.4) is 0 Å². The SMILES string of the molecule is Nc1ncc(-c2ccsc2)nc1N1CCCC(CCCO)C1. The number of nitrogens with zero attached hydrogens (tertiary/aromatic N) is 3. The number of anilines is 2. The summed E-state index contributed by atoms with van der Waals surface area (Å²) in [5.74, 6) is 1.91. The second-order valence-electron chi connectivity index (χ2n) is 5.80. The van der Waals surface area contributed by atoms with Crippen LogP contribution >= 0.6 is 11.3 Å². The van der Waals surface area contributed by atoms with Gasteiger partial charge in [0.1, 0.15) is 0 Å². The number of nitrogen functional groups attached to an aromatic ring is 1. The Hall–Kier alpha value is -1.66. The Balaban J connectivity index is 1.79. The highest BCUT2D eigenvalue weighted by atomic mass is 32.1. The van der Waals surface area contributed by atoms with Gasteiger partial charge in [-0.2, -0.15) is 11.3 Å². The van der Waals surface area contributed by atoms with Gasteiger partial charge in [-0.05, 0) is 43.0 Å². The third-order valence-corrected chi connectivity index (χ3v) is 4.87. The number of piperidine rings is 1. The Morgan fingerprint density at radius 3 is 3.14 bits per heavy atom. The molecule has 22 heavy (non-hydrogen) atoms. The van der Waals surface area contributed by atoms with Crippen molar-refractivity contribution in [2.24, 2.45) is 5.92 Å². The van der Waals surface area contributed by atoms with Gasteiger partial charge in [-0.25, -0.2) is 9.97 Å². The summed E-state index contributed by atoms with van der Waals surface area (Å²) < 4.78 is 0. The molecule has 0 aliphatic carbocycles. The highest BCUT2D eigenvalue weighted by Crippen LogP contribution is 2.29. The first kappa shape index (κ1) is 15.2. The Morgan fingerprint density at radius 1 is 1.45 bits per heavy atom. The Morgan fingerprint density at radius 2 is 2.36 bits per heavy atom. The van der Waals surface area contributed by atoms with Gasteiger partial charge < -0.3 is 15.7 Å². The summed E-state index contributed by atoms with van der Waals surface area (Å²) in [6.45, 7) is 2.19. The second kappa shape index (κ2) is 7.07. The quantitative estimate of drug-likeness (QED) is 0.886. The lowest BCUT2D eigenvalue weighted by Gasteiger charge is -2.34. The van der Waals surface area contributed by atoms with Crippen molar-refractivity contribution in [1.82, 2.24) is 9.97 Å². The molecule has 0 spiro atoms. The van der Waals surface area contributed by atoms with E-state index >= 15 is 0 Å². The molecule has 0 aromatic carbocycles. The number of nitrogens with two attached hydrogens (primary N) is 1. The number of hydrogen-bond donors (Lipinski definition) is 2. The van der Waals surface area contributed by atoms with E-state index in [-0.39, 0.29) is 6.61 Å². The number of aliphatic hydroxyl groups excluding tert-OH is 1. The average Bonchev–Trinajstić information content (AvgIpc) is 3.08. The van der Waals surface area contributed by atoms with Gasteiger partial charge in [0, 0.05) is 30.6 Å². The van der Waals surface area contributed by atoms with Crippen molar-refractivity contribution in [2.45, 2.75) is 25.7 Å². The summed E-state index contributed by atoms with van der Waals surface area (Å²) >= 11 is 1.65. The Labute approximate surface area is 134 Å². The molecule has 1 unspecified atom stereocenters. The Bertz CT molecular complexity index is 602. The number of rotatable bonds is 5. The summed E-state index contributed by atoms with van der Waals surface area (Å²) in [5, 5.41) is 13.1. The van der Waals surface area contributed by atoms with Gasteiger partial charge in [0.15, 0.2) is 11.6 Å². The van der Waals surface area contributed by atoms with E-state index in [0.717, 1.165) is 49.4 Å². The van der Waals surface area contributed by atoms with E-state index in [4.69, 9.17) is 15.8 Å². The minimum absolute atomic E-state index is 0.270. The van der Waals surface area contributed by atoms with Crippen LogP contribution in [0, 0.1) is 5.92 Å². The topological polar surface area (TPSA) is 75.3 Å². The molecule has 1 aliphatic rings. The van der Waals surface area contributed by atoms with Gasteiger partial charge in [0.05, 0.1) is 11.9 Å². The van der Waals surface area contributed by atoms with E-state index < -0.39 is 0 Å². The molecule has 0 radical (unpaired) electrons. The van der Waals surface area contributed by atoms with Crippen LogP contribution in [0.25, 0.3) is 11.3 Å². The largest absolute Gasteiger partial charge is 0.396 e. The summed E-state index contributed by atoms with van der Waals surface area (Å²) in [5.41, 5.74) is 8.03. The number of hydrogen-bond acceptors (Lipinski definition) is 6. The summed E-state index contributed by atoms with van der Waals surface area (Å²) in [7, 11) is 0.